The SMILES string of the molecule is CCN1CCN(Cc2ccc(-c3ccc(S(=O)(=O)N4CC=C(C(=O)N(C)O)CC4)cc3)cc2)CC1. The molecule has 0 aliphatic carbocycles. The molecule has 1 amide bonds. The van der Waals surface area contributed by atoms with E-state index in [1.807, 2.05) is 12.1 Å². The number of likely N-dealkylation sites (N-methyl/N-ethyl adjacent to an activating group) is 2. The molecule has 1 N–H and O–H groups in total. The number of hydroxylamine groups is 2. The fraction of sp³-hybridized carbons (Fsp3) is 0.423. The fourth-order valence-electron chi connectivity index (χ4n) is 4.56. The molecular weight excluding hydrogens is 464 g/mol. The Morgan fingerprint density at radius 1 is 0.914 bits per heavy atom. The normalized spacial score (nSPS) is 18.3. The third-order valence-electron chi connectivity index (χ3n) is 6.84. The molecule has 188 valence electrons. The van der Waals surface area contributed by atoms with Gasteiger partial charge in [-0.05, 0) is 41.8 Å². The van der Waals surface area contributed by atoms with Gasteiger partial charge >= 0.3 is 0 Å². The van der Waals surface area contributed by atoms with Gasteiger partial charge in [-0.1, -0.05) is 49.4 Å². The molecular formula is C26H34N4O4S. The highest BCUT2D eigenvalue weighted by molar-refractivity contribution is 7.89. The Morgan fingerprint density at radius 2 is 1.49 bits per heavy atom. The third kappa shape index (κ3) is 5.99. The lowest BCUT2D eigenvalue weighted by molar-refractivity contribution is -0.154. The van der Waals surface area contributed by atoms with Crippen LogP contribution in [-0.4, -0.2) is 91.6 Å². The van der Waals surface area contributed by atoms with Crippen LogP contribution in [0.25, 0.3) is 11.1 Å². The summed E-state index contributed by atoms with van der Waals surface area (Å²) < 4.78 is 27.5. The molecule has 8 nitrogen and oxygen atoms in total. The fourth-order valence-corrected chi connectivity index (χ4v) is 5.94. The molecule has 35 heavy (non-hydrogen) atoms. The van der Waals surface area contributed by atoms with Crippen LogP contribution in [0.1, 0.15) is 18.9 Å². The predicted molar refractivity (Wildman–Crippen MR) is 135 cm³/mol. The monoisotopic (exact) mass is 498 g/mol. The summed E-state index contributed by atoms with van der Waals surface area (Å²) in [5.74, 6) is -0.503. The highest BCUT2D eigenvalue weighted by Gasteiger charge is 2.28. The van der Waals surface area contributed by atoms with Crippen molar-refractivity contribution in [2.24, 2.45) is 0 Å². The number of amides is 1. The molecule has 2 aromatic rings. The second-order valence-electron chi connectivity index (χ2n) is 9.10. The molecule has 2 aliphatic rings. The number of benzene rings is 2. The number of nitrogens with zero attached hydrogens (tertiary/aromatic N) is 4. The van der Waals surface area contributed by atoms with Crippen LogP contribution in [0.4, 0.5) is 0 Å². The van der Waals surface area contributed by atoms with E-state index in [0.29, 0.717) is 10.6 Å². The van der Waals surface area contributed by atoms with E-state index in [1.54, 1.807) is 18.2 Å². The van der Waals surface area contributed by atoms with Gasteiger partial charge in [-0.3, -0.25) is 14.9 Å². The molecule has 0 aromatic heterocycles. The predicted octanol–water partition coefficient (Wildman–Crippen LogP) is 2.66. The van der Waals surface area contributed by atoms with Crippen LogP contribution in [0.2, 0.25) is 0 Å². The van der Waals surface area contributed by atoms with E-state index in [0.717, 1.165) is 50.4 Å². The molecule has 2 heterocycles. The first-order valence-corrected chi connectivity index (χ1v) is 13.5. The molecule has 4 rings (SSSR count). The van der Waals surface area contributed by atoms with Crippen molar-refractivity contribution in [1.29, 1.82) is 0 Å². The molecule has 0 saturated carbocycles. The maximum Gasteiger partial charge on any atom is 0.272 e. The van der Waals surface area contributed by atoms with Crippen LogP contribution in [0.5, 0.6) is 0 Å². The van der Waals surface area contributed by atoms with Crippen LogP contribution in [0.15, 0.2) is 65.1 Å². The van der Waals surface area contributed by atoms with Gasteiger partial charge in [0.05, 0.1) is 4.90 Å². The zero-order valence-electron chi connectivity index (χ0n) is 20.4. The van der Waals surface area contributed by atoms with Crippen molar-refractivity contribution >= 4 is 15.9 Å². The van der Waals surface area contributed by atoms with Crippen molar-refractivity contribution in [3.8, 4) is 11.1 Å². The maximum atomic E-state index is 13.1. The van der Waals surface area contributed by atoms with Gasteiger partial charge in [0.25, 0.3) is 5.91 Å². The Labute approximate surface area is 208 Å². The van der Waals surface area contributed by atoms with Gasteiger partial charge in [0, 0.05) is 58.4 Å². The van der Waals surface area contributed by atoms with Gasteiger partial charge in [0.15, 0.2) is 0 Å². The minimum atomic E-state index is -3.67. The molecule has 0 radical (unpaired) electrons. The van der Waals surface area contributed by atoms with Crippen LogP contribution in [0.3, 0.4) is 0 Å². The van der Waals surface area contributed by atoms with Crippen LogP contribution < -0.4 is 0 Å². The van der Waals surface area contributed by atoms with Crippen LogP contribution >= 0.6 is 0 Å². The summed E-state index contributed by atoms with van der Waals surface area (Å²) in [6.45, 7) is 9.00. The number of rotatable bonds is 7. The van der Waals surface area contributed by atoms with Gasteiger partial charge in [-0.2, -0.15) is 4.31 Å². The molecule has 0 spiro atoms. The van der Waals surface area contributed by atoms with Crippen molar-refractivity contribution < 1.29 is 18.4 Å². The highest BCUT2D eigenvalue weighted by atomic mass is 32.2. The molecule has 2 aromatic carbocycles. The summed E-state index contributed by atoms with van der Waals surface area (Å²) in [4.78, 5) is 17.1. The Hall–Kier alpha value is -2.56. The summed E-state index contributed by atoms with van der Waals surface area (Å²) in [7, 11) is -2.41. The first kappa shape index (κ1) is 25.5. The zero-order valence-corrected chi connectivity index (χ0v) is 21.2. The Morgan fingerprint density at radius 3 is 2.00 bits per heavy atom. The topological polar surface area (TPSA) is 84.4 Å². The molecule has 2 aliphatic heterocycles. The van der Waals surface area contributed by atoms with E-state index in [1.165, 1.54) is 16.9 Å². The van der Waals surface area contributed by atoms with Crippen molar-refractivity contribution in [1.82, 2.24) is 19.2 Å². The molecule has 0 atom stereocenters. The van der Waals surface area contributed by atoms with E-state index in [9.17, 15) is 18.4 Å². The van der Waals surface area contributed by atoms with Gasteiger partial charge in [-0.15, -0.1) is 0 Å². The van der Waals surface area contributed by atoms with Crippen molar-refractivity contribution in [2.45, 2.75) is 24.8 Å². The van der Waals surface area contributed by atoms with E-state index in [2.05, 4.69) is 41.0 Å². The first-order valence-electron chi connectivity index (χ1n) is 12.1. The average Bonchev–Trinajstić information content (AvgIpc) is 2.89. The quantitative estimate of drug-likeness (QED) is 0.467. The Kier molecular flexibility index (Phi) is 8.03. The second-order valence-corrected chi connectivity index (χ2v) is 11.0. The summed E-state index contributed by atoms with van der Waals surface area (Å²) in [6, 6.07) is 15.4. The standard InChI is InChI=1S/C26H34N4O4S/c1-3-28-16-18-29(19-17-28)20-21-4-6-22(7-5-21)23-8-10-25(11-9-23)35(33,34)30-14-12-24(13-15-30)26(31)27(2)32/h4-12,32H,3,13-20H2,1-2H3. The lowest BCUT2D eigenvalue weighted by Crippen LogP contribution is -2.45. The maximum absolute atomic E-state index is 13.1. The van der Waals surface area contributed by atoms with E-state index in [-0.39, 0.29) is 24.4 Å². The largest absolute Gasteiger partial charge is 0.301 e. The van der Waals surface area contributed by atoms with Gasteiger partial charge in [-0.25, -0.2) is 13.5 Å². The number of piperazine rings is 1. The second kappa shape index (κ2) is 11.0. The number of carbonyl (C=O) groups is 1. The van der Waals surface area contributed by atoms with E-state index < -0.39 is 15.9 Å². The number of carbonyl (C=O) groups excluding carboxylic acids is 1. The number of sulfonamides is 1. The molecule has 1 saturated heterocycles. The summed E-state index contributed by atoms with van der Waals surface area (Å²) in [5.41, 5.74) is 3.71. The van der Waals surface area contributed by atoms with Crippen LogP contribution in [-0.2, 0) is 21.4 Å². The Balaban J connectivity index is 1.38. The van der Waals surface area contributed by atoms with E-state index >= 15 is 0 Å². The molecule has 9 heteroatoms. The van der Waals surface area contributed by atoms with Gasteiger partial charge < -0.3 is 4.90 Å². The average molecular weight is 499 g/mol. The van der Waals surface area contributed by atoms with Gasteiger partial charge in [0.2, 0.25) is 10.0 Å². The number of hydrogen-bond donors (Lipinski definition) is 1. The van der Waals surface area contributed by atoms with Crippen LogP contribution in [0, 0.1) is 0 Å². The van der Waals surface area contributed by atoms with Crippen molar-refractivity contribution in [2.75, 3.05) is 52.9 Å². The molecule has 0 unspecified atom stereocenters. The summed E-state index contributed by atoms with van der Waals surface area (Å²) >= 11 is 0. The third-order valence-corrected chi connectivity index (χ3v) is 8.72. The minimum Gasteiger partial charge on any atom is -0.301 e. The lowest BCUT2D eigenvalue weighted by atomic mass is 10.0. The van der Waals surface area contributed by atoms with Crippen molar-refractivity contribution in [3.05, 3.63) is 65.7 Å². The highest BCUT2D eigenvalue weighted by Crippen LogP contribution is 2.25. The molecule has 1 fully saturated rings. The smallest absolute Gasteiger partial charge is 0.272 e. The molecule has 0 bridgehead atoms. The van der Waals surface area contributed by atoms with Crippen molar-refractivity contribution in [3.63, 3.8) is 0 Å². The number of hydrogen-bond acceptors (Lipinski definition) is 6. The summed E-state index contributed by atoms with van der Waals surface area (Å²) in [5, 5.41) is 9.83. The Bertz CT molecular complexity index is 1150. The zero-order chi connectivity index (χ0) is 25.0. The van der Waals surface area contributed by atoms with Gasteiger partial charge in [0.1, 0.15) is 0 Å². The summed E-state index contributed by atoms with van der Waals surface area (Å²) in [6.07, 6.45) is 1.83. The van der Waals surface area contributed by atoms with E-state index in [4.69, 9.17) is 0 Å². The first-order chi connectivity index (χ1) is 16.8. The lowest BCUT2D eigenvalue weighted by Gasteiger charge is -2.34. The minimum absolute atomic E-state index is 0.105.